The number of aliphatic carboxylic acids is 1. The monoisotopic (exact) mass is 256 g/mol. The van der Waals surface area contributed by atoms with Gasteiger partial charge in [0.25, 0.3) is 0 Å². The van der Waals surface area contributed by atoms with Crippen molar-refractivity contribution in [2.45, 2.75) is 45.6 Å². The Morgan fingerprint density at radius 2 is 2.00 bits per heavy atom. The molecule has 2 atom stereocenters. The molecule has 1 aliphatic carbocycles. The number of carboxylic acids is 1. The normalized spacial score (nSPS) is 17.9. The maximum atomic E-state index is 11.8. The second kappa shape index (κ2) is 6.61. The van der Waals surface area contributed by atoms with Crippen molar-refractivity contribution in [3.05, 3.63) is 0 Å². The van der Waals surface area contributed by atoms with Crippen LogP contribution in [0.1, 0.15) is 39.5 Å². The van der Waals surface area contributed by atoms with Crippen molar-refractivity contribution < 1.29 is 14.7 Å². The third-order valence-corrected chi connectivity index (χ3v) is 3.75. The SMILES string of the molecule is CC(CCCNC(=O)N(C)C(C)C1CC1)C(=O)O. The Hall–Kier alpha value is -1.26. The maximum Gasteiger partial charge on any atom is 0.317 e. The summed E-state index contributed by atoms with van der Waals surface area (Å²) in [6, 6.07) is 0.236. The average molecular weight is 256 g/mol. The molecule has 0 aliphatic heterocycles. The Kier molecular flexibility index (Phi) is 5.44. The van der Waals surface area contributed by atoms with E-state index in [0.29, 0.717) is 31.3 Å². The van der Waals surface area contributed by atoms with Crippen molar-refractivity contribution in [2.24, 2.45) is 11.8 Å². The van der Waals surface area contributed by atoms with E-state index in [4.69, 9.17) is 5.11 Å². The van der Waals surface area contributed by atoms with Gasteiger partial charge in [-0.25, -0.2) is 4.79 Å². The van der Waals surface area contributed by atoms with Gasteiger partial charge in [0, 0.05) is 19.6 Å². The molecule has 18 heavy (non-hydrogen) atoms. The summed E-state index contributed by atoms with van der Waals surface area (Å²) in [5.74, 6) is -0.460. The second-order valence-electron chi connectivity index (χ2n) is 5.30. The fraction of sp³-hybridized carbons (Fsp3) is 0.846. The van der Waals surface area contributed by atoms with Gasteiger partial charge in [-0.05, 0) is 38.5 Å². The lowest BCUT2D eigenvalue weighted by Crippen LogP contribution is -2.43. The molecule has 1 fully saturated rings. The zero-order chi connectivity index (χ0) is 13.7. The number of nitrogens with zero attached hydrogens (tertiary/aromatic N) is 1. The van der Waals surface area contributed by atoms with Gasteiger partial charge in [-0.1, -0.05) is 6.92 Å². The molecule has 0 spiro atoms. The van der Waals surface area contributed by atoms with Crippen LogP contribution in [-0.2, 0) is 4.79 Å². The summed E-state index contributed by atoms with van der Waals surface area (Å²) < 4.78 is 0. The molecule has 104 valence electrons. The highest BCUT2D eigenvalue weighted by atomic mass is 16.4. The van der Waals surface area contributed by atoms with E-state index >= 15 is 0 Å². The van der Waals surface area contributed by atoms with Crippen LogP contribution in [0, 0.1) is 11.8 Å². The van der Waals surface area contributed by atoms with E-state index < -0.39 is 5.97 Å². The highest BCUT2D eigenvalue weighted by Gasteiger charge is 2.32. The number of carbonyl (C=O) groups is 2. The van der Waals surface area contributed by atoms with Gasteiger partial charge in [0.15, 0.2) is 0 Å². The van der Waals surface area contributed by atoms with Crippen molar-refractivity contribution in [1.29, 1.82) is 0 Å². The fourth-order valence-electron chi connectivity index (χ4n) is 1.93. The van der Waals surface area contributed by atoms with Gasteiger partial charge in [-0.2, -0.15) is 0 Å². The van der Waals surface area contributed by atoms with Crippen LogP contribution in [-0.4, -0.2) is 41.6 Å². The molecule has 1 saturated carbocycles. The molecule has 0 aromatic rings. The zero-order valence-electron chi connectivity index (χ0n) is 11.5. The first kappa shape index (κ1) is 14.8. The lowest BCUT2D eigenvalue weighted by atomic mass is 10.1. The van der Waals surface area contributed by atoms with E-state index in [9.17, 15) is 9.59 Å². The quantitative estimate of drug-likeness (QED) is 0.684. The minimum Gasteiger partial charge on any atom is -0.481 e. The molecule has 1 aliphatic rings. The Bertz CT molecular complexity index is 303. The predicted octanol–water partition coefficient (Wildman–Crippen LogP) is 1.93. The fourth-order valence-corrected chi connectivity index (χ4v) is 1.93. The largest absolute Gasteiger partial charge is 0.481 e. The van der Waals surface area contributed by atoms with E-state index in [1.54, 1.807) is 11.8 Å². The van der Waals surface area contributed by atoms with Crippen LogP contribution in [0.25, 0.3) is 0 Å². The van der Waals surface area contributed by atoms with E-state index in [1.807, 2.05) is 7.05 Å². The van der Waals surface area contributed by atoms with E-state index in [0.717, 1.165) is 0 Å². The Balaban J connectivity index is 2.14. The van der Waals surface area contributed by atoms with Crippen LogP contribution in [0.3, 0.4) is 0 Å². The summed E-state index contributed by atoms with van der Waals surface area (Å²) in [7, 11) is 1.82. The number of rotatable bonds is 7. The zero-order valence-corrected chi connectivity index (χ0v) is 11.5. The first-order valence-electron chi connectivity index (χ1n) is 6.67. The molecule has 2 amide bonds. The average Bonchev–Trinajstić information content (AvgIpc) is 3.15. The lowest BCUT2D eigenvalue weighted by molar-refractivity contribution is -0.141. The number of urea groups is 1. The van der Waals surface area contributed by atoms with Gasteiger partial charge in [0.2, 0.25) is 0 Å². The standard InChI is InChI=1S/C13H24N2O3/c1-9(12(16)17)5-4-8-14-13(18)15(3)10(2)11-6-7-11/h9-11H,4-8H2,1-3H3,(H,14,18)(H,16,17). The van der Waals surface area contributed by atoms with Crippen molar-refractivity contribution >= 4 is 12.0 Å². The summed E-state index contributed by atoms with van der Waals surface area (Å²) >= 11 is 0. The molecule has 0 heterocycles. The molecule has 2 unspecified atom stereocenters. The minimum absolute atomic E-state index is 0.0580. The van der Waals surface area contributed by atoms with Crippen molar-refractivity contribution in [3.8, 4) is 0 Å². The summed E-state index contributed by atoms with van der Waals surface area (Å²) in [6.07, 6.45) is 3.73. The van der Waals surface area contributed by atoms with Crippen molar-refractivity contribution in [1.82, 2.24) is 10.2 Å². The van der Waals surface area contributed by atoms with Gasteiger partial charge in [-0.15, -0.1) is 0 Å². The van der Waals surface area contributed by atoms with Crippen molar-refractivity contribution in [3.63, 3.8) is 0 Å². The first-order valence-corrected chi connectivity index (χ1v) is 6.67. The molecule has 0 aromatic heterocycles. The van der Waals surface area contributed by atoms with E-state index in [2.05, 4.69) is 12.2 Å². The van der Waals surface area contributed by atoms with Gasteiger partial charge >= 0.3 is 12.0 Å². The second-order valence-corrected chi connectivity index (χ2v) is 5.30. The van der Waals surface area contributed by atoms with E-state index in [-0.39, 0.29) is 11.9 Å². The summed E-state index contributed by atoms with van der Waals surface area (Å²) in [5.41, 5.74) is 0. The van der Waals surface area contributed by atoms with Crippen LogP contribution in [0.2, 0.25) is 0 Å². The van der Waals surface area contributed by atoms with Crippen LogP contribution >= 0.6 is 0 Å². The minimum atomic E-state index is -0.777. The summed E-state index contributed by atoms with van der Waals surface area (Å²) in [6.45, 7) is 4.30. The van der Waals surface area contributed by atoms with Crippen LogP contribution in [0.5, 0.6) is 0 Å². The van der Waals surface area contributed by atoms with Crippen LogP contribution in [0.4, 0.5) is 4.79 Å². The number of carboxylic acid groups (broad SMARTS) is 1. The number of hydrogen-bond acceptors (Lipinski definition) is 2. The van der Waals surface area contributed by atoms with E-state index in [1.165, 1.54) is 12.8 Å². The van der Waals surface area contributed by atoms with Gasteiger partial charge < -0.3 is 15.3 Å². The number of hydrogen-bond donors (Lipinski definition) is 2. The third-order valence-electron chi connectivity index (χ3n) is 3.75. The number of carbonyl (C=O) groups excluding carboxylic acids is 1. The molecule has 2 N–H and O–H groups in total. The molecule has 0 aromatic carbocycles. The van der Waals surface area contributed by atoms with Crippen LogP contribution < -0.4 is 5.32 Å². The predicted molar refractivity (Wildman–Crippen MR) is 69.4 cm³/mol. The topological polar surface area (TPSA) is 69.6 Å². The van der Waals surface area contributed by atoms with Crippen molar-refractivity contribution in [2.75, 3.05) is 13.6 Å². The third kappa shape index (κ3) is 4.55. The number of nitrogens with one attached hydrogen (secondary N) is 1. The van der Waals surface area contributed by atoms with Crippen LogP contribution in [0.15, 0.2) is 0 Å². The van der Waals surface area contributed by atoms with Gasteiger partial charge in [0.05, 0.1) is 5.92 Å². The molecular weight excluding hydrogens is 232 g/mol. The van der Waals surface area contributed by atoms with Gasteiger partial charge in [-0.3, -0.25) is 4.79 Å². The highest BCUT2D eigenvalue weighted by Crippen LogP contribution is 2.34. The Labute approximate surface area is 109 Å². The molecule has 1 rings (SSSR count). The smallest absolute Gasteiger partial charge is 0.317 e. The molecule has 0 saturated heterocycles. The lowest BCUT2D eigenvalue weighted by Gasteiger charge is -2.25. The molecule has 0 radical (unpaired) electrons. The molecule has 5 heteroatoms. The molecule has 5 nitrogen and oxygen atoms in total. The highest BCUT2D eigenvalue weighted by molar-refractivity contribution is 5.74. The molecule has 0 bridgehead atoms. The summed E-state index contributed by atoms with van der Waals surface area (Å²) in [5, 5.41) is 11.6. The Morgan fingerprint density at radius 3 is 2.50 bits per heavy atom. The maximum absolute atomic E-state index is 11.8. The number of amides is 2. The Morgan fingerprint density at radius 1 is 1.39 bits per heavy atom. The summed E-state index contributed by atoms with van der Waals surface area (Å²) in [4.78, 5) is 24.2. The first-order chi connectivity index (χ1) is 8.43. The van der Waals surface area contributed by atoms with Gasteiger partial charge in [0.1, 0.15) is 0 Å². The molecular formula is C13H24N2O3.